The molecule has 1 amide bonds. The van der Waals surface area contributed by atoms with Crippen LogP contribution in [0.25, 0.3) is 0 Å². The van der Waals surface area contributed by atoms with Gasteiger partial charge in [0, 0.05) is 10.0 Å². The topological polar surface area (TPSA) is 66.4 Å². The van der Waals surface area contributed by atoms with Crippen molar-refractivity contribution >= 4 is 27.8 Å². The molecule has 0 aromatic heterocycles. The number of rotatable bonds is 4. The number of halogens is 1. The number of nitrogens with one attached hydrogen (secondary N) is 1. The summed E-state index contributed by atoms with van der Waals surface area (Å²) in [6, 6.07) is 4.38. The number of hydrogen-bond acceptors (Lipinski definition) is 2. The number of carboxylic acids is 1. The lowest BCUT2D eigenvalue weighted by Gasteiger charge is -2.18. The highest BCUT2D eigenvalue weighted by atomic mass is 79.9. The van der Waals surface area contributed by atoms with E-state index in [1.54, 1.807) is 26.0 Å². The molecule has 0 saturated carbocycles. The van der Waals surface area contributed by atoms with Gasteiger partial charge in [0.2, 0.25) is 0 Å². The monoisotopic (exact) mass is 313 g/mol. The molecule has 0 unspecified atom stereocenters. The molecule has 0 spiro atoms. The average molecular weight is 314 g/mol. The van der Waals surface area contributed by atoms with Gasteiger partial charge >= 0.3 is 5.97 Å². The summed E-state index contributed by atoms with van der Waals surface area (Å²) in [5.41, 5.74) is 1.28. The number of aliphatic carboxylic acids is 1. The number of amides is 1. The van der Waals surface area contributed by atoms with Gasteiger partial charge in [-0.05, 0) is 30.5 Å². The van der Waals surface area contributed by atoms with Gasteiger partial charge in [0.15, 0.2) is 0 Å². The molecule has 1 atom stereocenters. The van der Waals surface area contributed by atoms with Crippen molar-refractivity contribution in [2.75, 3.05) is 0 Å². The van der Waals surface area contributed by atoms with E-state index in [4.69, 9.17) is 5.11 Å². The lowest BCUT2D eigenvalue weighted by molar-refractivity contribution is -0.140. The fraction of sp³-hybridized carbons (Fsp3) is 0.385. The summed E-state index contributed by atoms with van der Waals surface area (Å²) in [6.07, 6.45) is 0. The third kappa shape index (κ3) is 3.32. The van der Waals surface area contributed by atoms with Crippen LogP contribution in [0.1, 0.15) is 29.8 Å². The third-order valence-electron chi connectivity index (χ3n) is 2.73. The fourth-order valence-corrected chi connectivity index (χ4v) is 1.95. The molecule has 0 fully saturated rings. The Labute approximate surface area is 115 Å². The van der Waals surface area contributed by atoms with Crippen LogP contribution in [0.3, 0.4) is 0 Å². The molecule has 98 valence electrons. The van der Waals surface area contributed by atoms with Gasteiger partial charge in [-0.3, -0.25) is 4.79 Å². The second kappa shape index (κ2) is 6.00. The van der Waals surface area contributed by atoms with Crippen LogP contribution in [0.15, 0.2) is 22.7 Å². The number of hydrogen-bond donors (Lipinski definition) is 2. The summed E-state index contributed by atoms with van der Waals surface area (Å²) in [5, 5.41) is 11.6. The molecule has 0 bridgehead atoms. The van der Waals surface area contributed by atoms with Crippen LogP contribution in [0.2, 0.25) is 0 Å². The van der Waals surface area contributed by atoms with Crippen LogP contribution in [-0.4, -0.2) is 23.0 Å². The molecule has 0 radical (unpaired) electrons. The Morgan fingerprint density at radius 2 is 1.94 bits per heavy atom. The standard InChI is InChI=1S/C13H16BrNO3/c1-7(2)11(13(17)18)15-12(16)9-5-4-6-10(14)8(9)3/h4-7,11H,1-3H3,(H,15,16)(H,17,18)/t11-/m1/s1. The molecule has 1 aromatic carbocycles. The van der Waals surface area contributed by atoms with E-state index in [-0.39, 0.29) is 11.8 Å². The van der Waals surface area contributed by atoms with Gasteiger partial charge in [-0.1, -0.05) is 35.8 Å². The highest BCUT2D eigenvalue weighted by Crippen LogP contribution is 2.19. The normalized spacial score (nSPS) is 12.3. The summed E-state index contributed by atoms with van der Waals surface area (Å²) in [5.74, 6) is -1.56. The summed E-state index contributed by atoms with van der Waals surface area (Å²) >= 11 is 3.34. The van der Waals surface area contributed by atoms with Crippen molar-refractivity contribution in [2.24, 2.45) is 5.92 Å². The molecular weight excluding hydrogens is 298 g/mol. The average Bonchev–Trinajstić information content (AvgIpc) is 2.28. The highest BCUT2D eigenvalue weighted by molar-refractivity contribution is 9.10. The highest BCUT2D eigenvalue weighted by Gasteiger charge is 2.24. The van der Waals surface area contributed by atoms with E-state index >= 15 is 0 Å². The smallest absolute Gasteiger partial charge is 0.326 e. The minimum Gasteiger partial charge on any atom is -0.480 e. The Morgan fingerprint density at radius 1 is 1.33 bits per heavy atom. The SMILES string of the molecule is Cc1c(Br)cccc1C(=O)N[C@@H](C(=O)O)C(C)C. The van der Waals surface area contributed by atoms with Crippen molar-refractivity contribution in [3.63, 3.8) is 0 Å². The second-order valence-corrected chi connectivity index (χ2v) is 5.30. The molecule has 0 heterocycles. The van der Waals surface area contributed by atoms with Crippen LogP contribution in [0.5, 0.6) is 0 Å². The predicted octanol–water partition coefficient (Wildman–Crippen LogP) is 2.60. The van der Waals surface area contributed by atoms with E-state index < -0.39 is 12.0 Å². The zero-order valence-corrected chi connectivity index (χ0v) is 12.1. The van der Waals surface area contributed by atoms with Crippen LogP contribution in [-0.2, 0) is 4.79 Å². The molecule has 0 aliphatic rings. The van der Waals surface area contributed by atoms with Gasteiger partial charge in [0.05, 0.1) is 0 Å². The fourth-order valence-electron chi connectivity index (χ4n) is 1.59. The van der Waals surface area contributed by atoms with Gasteiger partial charge < -0.3 is 10.4 Å². The quantitative estimate of drug-likeness (QED) is 0.898. The lowest BCUT2D eigenvalue weighted by Crippen LogP contribution is -2.44. The maximum atomic E-state index is 12.0. The minimum absolute atomic E-state index is 0.168. The first-order valence-corrected chi connectivity index (χ1v) is 6.42. The van der Waals surface area contributed by atoms with E-state index in [1.165, 1.54) is 0 Å². The molecular formula is C13H16BrNO3. The molecule has 1 rings (SSSR count). The Hall–Kier alpha value is -1.36. The first-order chi connectivity index (χ1) is 8.34. The van der Waals surface area contributed by atoms with Crippen LogP contribution in [0, 0.1) is 12.8 Å². The van der Waals surface area contributed by atoms with Crippen LogP contribution < -0.4 is 5.32 Å². The van der Waals surface area contributed by atoms with Crippen LogP contribution in [0.4, 0.5) is 0 Å². The maximum Gasteiger partial charge on any atom is 0.326 e. The van der Waals surface area contributed by atoms with Crippen molar-refractivity contribution in [3.8, 4) is 0 Å². The van der Waals surface area contributed by atoms with Crippen LogP contribution >= 0.6 is 15.9 Å². The molecule has 0 saturated heterocycles. The Morgan fingerprint density at radius 3 is 2.44 bits per heavy atom. The molecule has 0 aliphatic carbocycles. The molecule has 0 aliphatic heterocycles. The number of benzene rings is 1. The Bertz CT molecular complexity index is 471. The molecule has 5 heteroatoms. The summed E-state index contributed by atoms with van der Waals surface area (Å²) in [7, 11) is 0. The Kier molecular flexibility index (Phi) is 4.90. The largest absolute Gasteiger partial charge is 0.480 e. The predicted molar refractivity (Wildman–Crippen MR) is 72.6 cm³/mol. The zero-order valence-electron chi connectivity index (χ0n) is 10.5. The number of carboxylic acid groups (broad SMARTS) is 1. The van der Waals surface area contributed by atoms with Crippen molar-refractivity contribution in [2.45, 2.75) is 26.8 Å². The maximum absolute atomic E-state index is 12.0. The first-order valence-electron chi connectivity index (χ1n) is 5.63. The molecule has 2 N–H and O–H groups in total. The van der Waals surface area contributed by atoms with Gasteiger partial charge in [0.1, 0.15) is 6.04 Å². The van der Waals surface area contributed by atoms with E-state index in [9.17, 15) is 9.59 Å². The number of carbonyl (C=O) groups excluding carboxylic acids is 1. The van der Waals surface area contributed by atoms with Gasteiger partial charge in [-0.2, -0.15) is 0 Å². The van der Waals surface area contributed by atoms with Crippen molar-refractivity contribution in [1.29, 1.82) is 0 Å². The van der Waals surface area contributed by atoms with Gasteiger partial charge in [-0.25, -0.2) is 4.79 Å². The summed E-state index contributed by atoms with van der Waals surface area (Å²) in [4.78, 5) is 23.1. The van der Waals surface area contributed by atoms with Crippen molar-refractivity contribution in [1.82, 2.24) is 5.32 Å². The zero-order chi connectivity index (χ0) is 13.9. The summed E-state index contributed by atoms with van der Waals surface area (Å²) in [6.45, 7) is 5.32. The van der Waals surface area contributed by atoms with E-state index in [2.05, 4.69) is 21.2 Å². The van der Waals surface area contributed by atoms with Crippen molar-refractivity contribution < 1.29 is 14.7 Å². The van der Waals surface area contributed by atoms with Crippen molar-refractivity contribution in [3.05, 3.63) is 33.8 Å². The van der Waals surface area contributed by atoms with E-state index in [1.807, 2.05) is 13.0 Å². The van der Waals surface area contributed by atoms with Gasteiger partial charge in [0.25, 0.3) is 5.91 Å². The summed E-state index contributed by atoms with van der Waals surface area (Å²) < 4.78 is 0.826. The second-order valence-electron chi connectivity index (χ2n) is 4.45. The third-order valence-corrected chi connectivity index (χ3v) is 3.59. The first kappa shape index (κ1) is 14.7. The lowest BCUT2D eigenvalue weighted by atomic mass is 10.0. The molecule has 18 heavy (non-hydrogen) atoms. The Balaban J connectivity index is 2.94. The molecule has 1 aromatic rings. The van der Waals surface area contributed by atoms with E-state index in [0.717, 1.165) is 10.0 Å². The van der Waals surface area contributed by atoms with E-state index in [0.29, 0.717) is 5.56 Å². The number of carbonyl (C=O) groups is 2. The van der Waals surface area contributed by atoms with Gasteiger partial charge in [-0.15, -0.1) is 0 Å². The minimum atomic E-state index is -1.02. The molecule has 4 nitrogen and oxygen atoms in total.